The van der Waals surface area contributed by atoms with Gasteiger partial charge in [0.25, 0.3) is 0 Å². The molecule has 11 rings (SSSR count). The van der Waals surface area contributed by atoms with Crippen LogP contribution in [0.3, 0.4) is 0 Å². The van der Waals surface area contributed by atoms with Crippen LogP contribution in [0.4, 0.5) is 34.1 Å². The average molecular weight is 741 g/mol. The van der Waals surface area contributed by atoms with E-state index in [1.54, 1.807) is 0 Å². The molecule has 0 radical (unpaired) electrons. The lowest BCUT2D eigenvalue weighted by Crippen LogP contribution is -2.16. The smallest absolute Gasteiger partial charge is 0.0640 e. The van der Waals surface area contributed by atoms with E-state index in [1.165, 1.54) is 74.0 Å². The van der Waals surface area contributed by atoms with Crippen LogP contribution < -0.4 is 9.80 Å². The van der Waals surface area contributed by atoms with Crippen LogP contribution in [0.5, 0.6) is 0 Å². The van der Waals surface area contributed by atoms with Crippen molar-refractivity contribution in [2.24, 2.45) is 0 Å². The van der Waals surface area contributed by atoms with E-state index in [1.807, 2.05) is 22.7 Å². The number of benzene rings is 8. The molecule has 262 valence electrons. The SMILES string of the molecule is CC1(C)c2ccccc2-c2ccc(N(c3ccc4sc5ccccc5c4c3)c3cccc4c3sc3ccc(N(c5ccccc5)c5ccccc5)cc34)cc21. The molecule has 0 unspecified atom stereocenters. The number of anilines is 6. The number of hydrogen-bond acceptors (Lipinski definition) is 4. The quantitative estimate of drug-likeness (QED) is 0.167. The molecule has 55 heavy (non-hydrogen) atoms. The average Bonchev–Trinajstić information content (AvgIpc) is 3.87. The second-order valence-corrected chi connectivity index (χ2v) is 17.1. The van der Waals surface area contributed by atoms with Gasteiger partial charge in [0.05, 0.1) is 10.4 Å². The summed E-state index contributed by atoms with van der Waals surface area (Å²) in [6.07, 6.45) is 0. The second-order valence-electron chi connectivity index (χ2n) is 15.0. The van der Waals surface area contributed by atoms with Gasteiger partial charge in [-0.15, -0.1) is 22.7 Å². The molecule has 2 nitrogen and oxygen atoms in total. The van der Waals surface area contributed by atoms with Crippen molar-refractivity contribution in [2.75, 3.05) is 9.80 Å². The molecule has 0 saturated carbocycles. The Kier molecular flexibility index (Phi) is 7.28. The van der Waals surface area contributed by atoms with E-state index in [0.717, 1.165) is 22.7 Å². The zero-order chi connectivity index (χ0) is 36.7. The highest BCUT2D eigenvalue weighted by atomic mass is 32.1. The summed E-state index contributed by atoms with van der Waals surface area (Å²) >= 11 is 3.75. The van der Waals surface area contributed by atoms with E-state index in [4.69, 9.17) is 0 Å². The molecule has 0 bridgehead atoms. The zero-order valence-corrected chi connectivity index (χ0v) is 32.2. The van der Waals surface area contributed by atoms with Crippen molar-refractivity contribution in [1.29, 1.82) is 0 Å². The van der Waals surface area contributed by atoms with Crippen LogP contribution in [0, 0.1) is 0 Å². The first kappa shape index (κ1) is 32.2. The molecule has 1 aliphatic carbocycles. The minimum Gasteiger partial charge on any atom is -0.310 e. The minimum atomic E-state index is -0.107. The molecule has 0 amide bonds. The van der Waals surface area contributed by atoms with Crippen LogP contribution in [-0.2, 0) is 5.41 Å². The summed E-state index contributed by atoms with van der Waals surface area (Å²) in [4.78, 5) is 4.86. The predicted molar refractivity (Wildman–Crippen MR) is 239 cm³/mol. The standard InChI is InChI=1S/C51H36N2S2/c1-51(2)44-21-11-9-18-38(44)39-27-24-37(32-45(39)51)53(36-26-28-48-42(31-36)40-19-10-12-23-47(40)54-48)46-22-13-20-41-43-30-35(25-29-49(43)55-50(41)46)52(33-14-5-3-6-15-33)34-16-7-4-8-17-34/h3-32H,1-2H3. The fourth-order valence-electron chi connectivity index (χ4n) is 8.80. The molecule has 1 aliphatic rings. The van der Waals surface area contributed by atoms with Gasteiger partial charge in [-0.2, -0.15) is 0 Å². The topological polar surface area (TPSA) is 6.48 Å². The van der Waals surface area contributed by atoms with Crippen molar-refractivity contribution in [2.45, 2.75) is 19.3 Å². The Hall–Kier alpha value is -6.20. The highest BCUT2D eigenvalue weighted by Gasteiger charge is 2.36. The van der Waals surface area contributed by atoms with E-state index >= 15 is 0 Å². The molecule has 0 saturated heterocycles. The molecule has 0 aliphatic heterocycles. The first-order valence-corrected chi connectivity index (χ1v) is 20.5. The molecule has 2 heterocycles. The summed E-state index contributed by atoms with van der Waals surface area (Å²) in [7, 11) is 0. The van der Waals surface area contributed by atoms with Gasteiger partial charge in [0.15, 0.2) is 0 Å². The molecule has 2 aromatic heterocycles. The predicted octanol–water partition coefficient (Wildman–Crippen LogP) is 15.7. The van der Waals surface area contributed by atoms with E-state index < -0.39 is 0 Å². The third-order valence-corrected chi connectivity index (χ3v) is 13.8. The fourth-order valence-corrected chi connectivity index (χ4v) is 11.1. The summed E-state index contributed by atoms with van der Waals surface area (Å²) in [5.74, 6) is 0. The summed E-state index contributed by atoms with van der Waals surface area (Å²) in [6.45, 7) is 4.74. The Morgan fingerprint density at radius 2 is 0.909 bits per heavy atom. The molecular weight excluding hydrogens is 705 g/mol. The lowest BCUT2D eigenvalue weighted by Gasteiger charge is -2.28. The summed E-state index contributed by atoms with van der Waals surface area (Å²) in [5.41, 5.74) is 12.3. The van der Waals surface area contributed by atoms with E-state index in [9.17, 15) is 0 Å². The van der Waals surface area contributed by atoms with E-state index in [0.29, 0.717) is 0 Å². The number of fused-ring (bicyclic) bond motifs is 9. The van der Waals surface area contributed by atoms with Gasteiger partial charge in [0, 0.05) is 69.5 Å². The Bertz CT molecular complexity index is 3040. The first-order chi connectivity index (χ1) is 27.0. The van der Waals surface area contributed by atoms with Crippen molar-refractivity contribution < 1.29 is 0 Å². The van der Waals surface area contributed by atoms with Crippen LogP contribution in [0.15, 0.2) is 182 Å². The summed E-state index contributed by atoms with van der Waals surface area (Å²) in [5, 5.41) is 5.14. The normalized spacial score (nSPS) is 13.1. The summed E-state index contributed by atoms with van der Waals surface area (Å²) < 4.78 is 5.18. The molecule has 0 N–H and O–H groups in total. The van der Waals surface area contributed by atoms with Gasteiger partial charge in [-0.05, 0) is 107 Å². The number of hydrogen-bond donors (Lipinski definition) is 0. The van der Waals surface area contributed by atoms with Crippen LogP contribution in [0.1, 0.15) is 25.0 Å². The van der Waals surface area contributed by atoms with Crippen LogP contribution >= 0.6 is 22.7 Å². The van der Waals surface area contributed by atoms with Crippen LogP contribution in [0.25, 0.3) is 51.5 Å². The monoisotopic (exact) mass is 740 g/mol. The molecule has 10 aromatic rings. The number of nitrogens with zero attached hydrogens (tertiary/aromatic N) is 2. The van der Waals surface area contributed by atoms with Gasteiger partial charge in [0.2, 0.25) is 0 Å². The molecule has 4 heteroatoms. The number of thiophene rings is 2. The summed E-state index contributed by atoms with van der Waals surface area (Å²) in [6, 6.07) is 67.0. The zero-order valence-electron chi connectivity index (χ0n) is 30.5. The lowest BCUT2D eigenvalue weighted by molar-refractivity contribution is 0.660. The third-order valence-electron chi connectivity index (χ3n) is 11.4. The molecule has 0 atom stereocenters. The van der Waals surface area contributed by atoms with Gasteiger partial charge >= 0.3 is 0 Å². The van der Waals surface area contributed by atoms with Crippen LogP contribution in [-0.4, -0.2) is 0 Å². The van der Waals surface area contributed by atoms with Crippen molar-refractivity contribution in [3.8, 4) is 11.1 Å². The Balaban J connectivity index is 1.13. The van der Waals surface area contributed by atoms with Crippen molar-refractivity contribution in [3.05, 3.63) is 193 Å². The molecule has 8 aromatic carbocycles. The number of para-hydroxylation sites is 2. The maximum Gasteiger partial charge on any atom is 0.0640 e. The Labute approximate surface area is 328 Å². The maximum absolute atomic E-state index is 2.50. The molecule has 0 spiro atoms. The van der Waals surface area contributed by atoms with Crippen molar-refractivity contribution in [3.63, 3.8) is 0 Å². The van der Waals surface area contributed by atoms with E-state index in [2.05, 4.69) is 206 Å². The van der Waals surface area contributed by atoms with Crippen LogP contribution in [0.2, 0.25) is 0 Å². The highest BCUT2D eigenvalue weighted by Crippen LogP contribution is 2.52. The number of rotatable bonds is 6. The molecule has 0 fully saturated rings. The Morgan fingerprint density at radius 3 is 1.67 bits per heavy atom. The van der Waals surface area contributed by atoms with Gasteiger partial charge in [-0.3, -0.25) is 0 Å². The fraction of sp³-hybridized carbons (Fsp3) is 0.0588. The minimum absolute atomic E-state index is 0.107. The third kappa shape index (κ3) is 5.06. The largest absolute Gasteiger partial charge is 0.310 e. The van der Waals surface area contributed by atoms with Crippen molar-refractivity contribution in [1.82, 2.24) is 0 Å². The van der Waals surface area contributed by atoms with Gasteiger partial charge in [-0.1, -0.05) is 111 Å². The molecular formula is C51H36N2S2. The van der Waals surface area contributed by atoms with Gasteiger partial charge in [0.1, 0.15) is 0 Å². The first-order valence-electron chi connectivity index (χ1n) is 18.8. The second kappa shape index (κ2) is 12.4. The van der Waals surface area contributed by atoms with Gasteiger partial charge < -0.3 is 9.80 Å². The van der Waals surface area contributed by atoms with E-state index in [-0.39, 0.29) is 5.41 Å². The van der Waals surface area contributed by atoms with Crippen molar-refractivity contribution >= 4 is 97.1 Å². The lowest BCUT2D eigenvalue weighted by atomic mass is 9.82. The maximum atomic E-state index is 2.50. The van der Waals surface area contributed by atoms with Gasteiger partial charge in [-0.25, -0.2) is 0 Å². The Morgan fingerprint density at radius 1 is 0.364 bits per heavy atom. The highest BCUT2D eigenvalue weighted by molar-refractivity contribution is 7.26.